The van der Waals surface area contributed by atoms with Gasteiger partial charge in [0.2, 0.25) is 5.91 Å². The lowest BCUT2D eigenvalue weighted by Crippen LogP contribution is -2.28. The van der Waals surface area contributed by atoms with Crippen LogP contribution in [0.15, 0.2) is 60.7 Å². The van der Waals surface area contributed by atoms with Crippen molar-refractivity contribution in [2.45, 2.75) is 26.7 Å². The Morgan fingerprint density at radius 2 is 1.82 bits per heavy atom. The first-order chi connectivity index (χ1) is 15.9. The topological polar surface area (TPSA) is 93.5 Å². The lowest BCUT2D eigenvalue weighted by molar-refractivity contribution is -0.151. The molecule has 2 aromatic carbocycles. The smallest absolute Gasteiger partial charge is 0.311 e. The molecule has 0 unspecified atom stereocenters. The second-order valence-corrected chi connectivity index (χ2v) is 8.00. The van der Waals surface area contributed by atoms with Crippen molar-refractivity contribution >= 4 is 29.3 Å². The summed E-state index contributed by atoms with van der Waals surface area (Å²) in [5.74, 6) is -1.28. The number of benzene rings is 2. The Bertz CT molecular complexity index is 1150. The van der Waals surface area contributed by atoms with E-state index in [1.807, 2.05) is 61.5 Å². The number of carbonyl (C=O) groups is 3. The molecule has 4 rings (SSSR count). The molecule has 0 spiro atoms. The molecule has 1 saturated heterocycles. The third-order valence-corrected chi connectivity index (χ3v) is 5.56. The highest BCUT2D eigenvalue weighted by Gasteiger charge is 2.36. The van der Waals surface area contributed by atoms with E-state index in [0.717, 1.165) is 23.5 Å². The normalized spacial score (nSPS) is 15.5. The van der Waals surface area contributed by atoms with Crippen molar-refractivity contribution in [3.63, 3.8) is 0 Å². The van der Waals surface area contributed by atoms with Gasteiger partial charge in [-0.05, 0) is 43.2 Å². The van der Waals surface area contributed by atoms with Crippen LogP contribution in [0.2, 0.25) is 0 Å². The molecule has 0 bridgehead atoms. The van der Waals surface area contributed by atoms with E-state index in [0.29, 0.717) is 5.82 Å². The minimum absolute atomic E-state index is 0.0654. The van der Waals surface area contributed by atoms with Crippen molar-refractivity contribution in [2.24, 2.45) is 5.92 Å². The predicted molar refractivity (Wildman–Crippen MR) is 124 cm³/mol. The summed E-state index contributed by atoms with van der Waals surface area (Å²) < 4.78 is 6.84. The highest BCUT2D eigenvalue weighted by Crippen LogP contribution is 2.26. The number of esters is 1. The first-order valence-corrected chi connectivity index (χ1v) is 10.9. The monoisotopic (exact) mass is 446 g/mol. The molecule has 1 fully saturated rings. The van der Waals surface area contributed by atoms with Crippen LogP contribution in [0.4, 0.5) is 11.5 Å². The highest BCUT2D eigenvalue weighted by molar-refractivity contribution is 6.00. The first kappa shape index (κ1) is 22.3. The van der Waals surface area contributed by atoms with E-state index >= 15 is 0 Å². The lowest BCUT2D eigenvalue weighted by Gasteiger charge is -2.17. The number of ether oxygens (including phenoxy) is 1. The summed E-state index contributed by atoms with van der Waals surface area (Å²) in [7, 11) is 0. The van der Waals surface area contributed by atoms with Crippen molar-refractivity contribution in [3.05, 3.63) is 71.9 Å². The number of hydrogen-bond donors (Lipinski definition) is 1. The Labute approximate surface area is 192 Å². The van der Waals surface area contributed by atoms with Crippen molar-refractivity contribution in [3.8, 4) is 5.69 Å². The zero-order valence-corrected chi connectivity index (χ0v) is 18.7. The van der Waals surface area contributed by atoms with Crippen LogP contribution in [0.1, 0.15) is 24.6 Å². The van der Waals surface area contributed by atoms with Crippen LogP contribution in [-0.4, -0.2) is 40.7 Å². The molecule has 0 saturated carbocycles. The molecule has 2 heterocycles. The second kappa shape index (κ2) is 9.68. The SMILES string of the molecule is CCc1ccc(N2C[C@H](C(=O)OCC(=O)Nc3cc(C)nn3-c3ccccc3)CC2=O)cc1. The van der Waals surface area contributed by atoms with Gasteiger partial charge in [0.1, 0.15) is 5.82 Å². The average Bonchev–Trinajstić information content (AvgIpc) is 3.40. The number of aromatic nitrogens is 2. The molecule has 33 heavy (non-hydrogen) atoms. The Balaban J connectivity index is 1.33. The van der Waals surface area contributed by atoms with Crippen LogP contribution < -0.4 is 10.2 Å². The first-order valence-electron chi connectivity index (χ1n) is 10.9. The molecule has 1 N–H and O–H groups in total. The van der Waals surface area contributed by atoms with Gasteiger partial charge in [-0.3, -0.25) is 14.4 Å². The standard InChI is InChI=1S/C25H26N4O4/c1-3-18-9-11-20(12-10-18)28-15-19(14-24(28)31)25(32)33-16-23(30)26-22-13-17(2)27-29(22)21-7-5-4-6-8-21/h4-13,19H,3,14-16H2,1-2H3,(H,26,30)/t19-/m1/s1. The van der Waals surface area contributed by atoms with E-state index in [9.17, 15) is 14.4 Å². The Kier molecular flexibility index (Phi) is 6.53. The Morgan fingerprint density at radius 1 is 1.09 bits per heavy atom. The molecule has 1 aliphatic heterocycles. The predicted octanol–water partition coefficient (Wildman–Crippen LogP) is 3.28. The third-order valence-electron chi connectivity index (χ3n) is 5.56. The summed E-state index contributed by atoms with van der Waals surface area (Å²) in [6, 6.07) is 18.9. The number of nitrogens with one attached hydrogen (secondary N) is 1. The van der Waals surface area contributed by atoms with Gasteiger partial charge in [-0.25, -0.2) is 4.68 Å². The highest BCUT2D eigenvalue weighted by atomic mass is 16.5. The molecular formula is C25H26N4O4. The number of anilines is 2. The summed E-state index contributed by atoms with van der Waals surface area (Å²) >= 11 is 0. The Hall–Kier alpha value is -3.94. The van der Waals surface area contributed by atoms with E-state index in [1.165, 1.54) is 5.56 Å². The third kappa shape index (κ3) is 5.11. The molecule has 0 aliphatic carbocycles. The minimum Gasteiger partial charge on any atom is -0.455 e. The van der Waals surface area contributed by atoms with Crippen LogP contribution in [-0.2, 0) is 25.5 Å². The number of hydrogen-bond acceptors (Lipinski definition) is 5. The van der Waals surface area contributed by atoms with E-state index < -0.39 is 24.4 Å². The molecule has 8 heteroatoms. The van der Waals surface area contributed by atoms with Crippen LogP contribution in [0.3, 0.4) is 0 Å². The van der Waals surface area contributed by atoms with E-state index in [4.69, 9.17) is 4.74 Å². The molecule has 1 atom stereocenters. The van der Waals surface area contributed by atoms with Gasteiger partial charge < -0.3 is 15.0 Å². The van der Waals surface area contributed by atoms with Crippen LogP contribution in [0, 0.1) is 12.8 Å². The van der Waals surface area contributed by atoms with Crippen molar-refractivity contribution in [1.29, 1.82) is 0 Å². The van der Waals surface area contributed by atoms with Crippen molar-refractivity contribution in [1.82, 2.24) is 9.78 Å². The summed E-state index contributed by atoms with van der Waals surface area (Å²) in [6.45, 7) is 3.70. The second-order valence-electron chi connectivity index (χ2n) is 8.00. The molecule has 3 aromatic rings. The van der Waals surface area contributed by atoms with Crippen LogP contribution >= 0.6 is 0 Å². The molecular weight excluding hydrogens is 420 g/mol. The molecule has 2 amide bonds. The fourth-order valence-electron chi connectivity index (χ4n) is 3.81. The summed E-state index contributed by atoms with van der Waals surface area (Å²) in [6.07, 6.45) is 0.979. The lowest BCUT2D eigenvalue weighted by atomic mass is 10.1. The van der Waals surface area contributed by atoms with Gasteiger partial charge in [-0.1, -0.05) is 37.3 Å². The van der Waals surface area contributed by atoms with Crippen LogP contribution in [0.25, 0.3) is 5.69 Å². The van der Waals surface area contributed by atoms with E-state index in [2.05, 4.69) is 17.3 Å². The maximum Gasteiger partial charge on any atom is 0.311 e. The number of para-hydroxylation sites is 1. The average molecular weight is 447 g/mol. The fraction of sp³-hybridized carbons (Fsp3) is 0.280. The van der Waals surface area contributed by atoms with Gasteiger partial charge in [0, 0.05) is 24.7 Å². The van der Waals surface area contributed by atoms with Gasteiger partial charge in [0.05, 0.1) is 17.3 Å². The maximum atomic E-state index is 12.5. The number of nitrogens with zero attached hydrogens (tertiary/aromatic N) is 3. The molecule has 1 aliphatic rings. The zero-order chi connectivity index (χ0) is 23.4. The van der Waals surface area contributed by atoms with Gasteiger partial charge in [0.25, 0.3) is 5.91 Å². The number of carbonyl (C=O) groups excluding carboxylic acids is 3. The van der Waals surface area contributed by atoms with Crippen LogP contribution in [0.5, 0.6) is 0 Å². The van der Waals surface area contributed by atoms with Gasteiger partial charge in [-0.15, -0.1) is 0 Å². The van der Waals surface area contributed by atoms with E-state index in [-0.39, 0.29) is 18.9 Å². The molecule has 0 radical (unpaired) electrons. The quantitative estimate of drug-likeness (QED) is 0.562. The van der Waals surface area contributed by atoms with Gasteiger partial charge >= 0.3 is 5.97 Å². The summed E-state index contributed by atoms with van der Waals surface area (Å²) in [5, 5.41) is 7.14. The largest absolute Gasteiger partial charge is 0.455 e. The van der Waals surface area contributed by atoms with Gasteiger partial charge in [-0.2, -0.15) is 5.10 Å². The Morgan fingerprint density at radius 3 is 2.52 bits per heavy atom. The number of amides is 2. The van der Waals surface area contributed by atoms with Crippen molar-refractivity contribution < 1.29 is 19.1 Å². The van der Waals surface area contributed by atoms with E-state index in [1.54, 1.807) is 15.6 Å². The molecule has 170 valence electrons. The number of aryl methyl sites for hydroxylation is 2. The molecule has 8 nitrogen and oxygen atoms in total. The van der Waals surface area contributed by atoms with Gasteiger partial charge in [0.15, 0.2) is 6.61 Å². The number of rotatable bonds is 7. The minimum atomic E-state index is -0.603. The summed E-state index contributed by atoms with van der Waals surface area (Å²) in [5.41, 5.74) is 3.48. The summed E-state index contributed by atoms with van der Waals surface area (Å²) in [4.78, 5) is 39.0. The van der Waals surface area contributed by atoms with Crippen molar-refractivity contribution in [2.75, 3.05) is 23.4 Å². The maximum absolute atomic E-state index is 12.5. The zero-order valence-electron chi connectivity index (χ0n) is 18.7. The fourth-order valence-corrected chi connectivity index (χ4v) is 3.81. The molecule has 1 aromatic heterocycles.